The maximum absolute atomic E-state index is 4.91. The molecule has 0 aliphatic heterocycles. The number of hydrazine groups is 23. The zero-order valence-electron chi connectivity index (χ0n) is 13.1. The molecule has 0 amide bonds. The third kappa shape index (κ3) is 23.0. The standard InChI is InChI=1S/CH28N24/c1-3-5-7-9-11-13-15-17-19-21-23-25-24-22-20-18-16-14-12-10-8-6-4-2/h3-25H,2H2,1H3. The van der Waals surface area contributed by atoms with E-state index in [4.69, 9.17) is 5.84 Å². The van der Waals surface area contributed by atoms with Crippen LogP contribution < -0.4 is 133 Å². The van der Waals surface area contributed by atoms with Gasteiger partial charge in [-0.3, -0.25) is 5.84 Å². The second-order valence-electron chi connectivity index (χ2n) is 3.02. The molecule has 24 nitrogen and oxygen atoms in total. The van der Waals surface area contributed by atoms with Crippen LogP contribution in [-0.2, 0) is 0 Å². The van der Waals surface area contributed by atoms with Gasteiger partial charge >= 0.3 is 0 Å². The van der Waals surface area contributed by atoms with Crippen molar-refractivity contribution in [2.24, 2.45) is 5.84 Å². The van der Waals surface area contributed by atoms with Crippen LogP contribution in [-0.4, -0.2) is 7.05 Å². The minimum absolute atomic E-state index is 1.69. The first-order chi connectivity index (χ1) is 12.4. The van der Waals surface area contributed by atoms with Crippen molar-refractivity contribution in [2.75, 3.05) is 7.05 Å². The maximum Gasteiger partial charge on any atom is -0.000111 e. The van der Waals surface area contributed by atoms with Gasteiger partial charge in [-0.25, -0.2) is 5.43 Å². The molecule has 0 atom stereocenters. The molecule has 24 heteroatoms. The molecule has 25 N–H and O–H groups in total. The molecule has 0 fully saturated rings. The minimum atomic E-state index is 1.69. The Balaban J connectivity index is 2.94. The van der Waals surface area contributed by atoms with E-state index in [0.29, 0.717) is 0 Å². The van der Waals surface area contributed by atoms with Gasteiger partial charge in [-0.05, 0) is 7.05 Å². The Hall–Kier alpha value is -0.960. The summed E-state index contributed by atoms with van der Waals surface area (Å²) in [5, 5.41) is 0. The Morgan fingerprint density at radius 3 is 0.720 bits per heavy atom. The highest BCUT2D eigenvalue weighted by atomic mass is 16.0. The Labute approximate surface area is 141 Å². The summed E-state index contributed by atoms with van der Waals surface area (Å²) in [6.45, 7) is 0. The van der Waals surface area contributed by atoms with Gasteiger partial charge in [0, 0.05) is 0 Å². The fourth-order valence-electron chi connectivity index (χ4n) is 0.692. The molecule has 0 aromatic rings. The second kappa shape index (κ2) is 23.0. The van der Waals surface area contributed by atoms with E-state index in [0.717, 1.165) is 0 Å². The first kappa shape index (κ1) is 24.0. The van der Waals surface area contributed by atoms with Gasteiger partial charge in [0.05, 0.1) is 0 Å². The number of nitrogens with one attached hydrogen (secondary N) is 23. The van der Waals surface area contributed by atoms with Crippen molar-refractivity contribution in [3.63, 3.8) is 0 Å². The lowest BCUT2D eigenvalue weighted by atomic mass is 11.5. The van der Waals surface area contributed by atoms with Crippen LogP contribution in [0.4, 0.5) is 0 Å². The van der Waals surface area contributed by atoms with Crippen LogP contribution in [0.15, 0.2) is 0 Å². The summed E-state index contributed by atoms with van der Waals surface area (Å²) in [5.74, 6) is 4.91. The SMILES string of the molecule is CNNNNNNNNNNNNNNNNNNNNNNNN. The highest BCUT2D eigenvalue weighted by Gasteiger charge is 1.84. The Morgan fingerprint density at radius 2 is 0.520 bits per heavy atom. The van der Waals surface area contributed by atoms with Crippen molar-refractivity contribution < 1.29 is 0 Å². The lowest BCUT2D eigenvalue weighted by molar-refractivity contribution is 0.189. The van der Waals surface area contributed by atoms with E-state index in [-0.39, 0.29) is 0 Å². The largest absolute Gasteiger partial charge is 0.257 e. The molecule has 0 saturated heterocycles. The third-order valence-electron chi connectivity index (χ3n) is 1.45. The fraction of sp³-hybridized carbons (Fsp3) is 1.00. The summed E-state index contributed by atoms with van der Waals surface area (Å²) < 4.78 is 0. The van der Waals surface area contributed by atoms with Gasteiger partial charge in [-0.1, -0.05) is 0 Å². The number of rotatable bonds is 22. The van der Waals surface area contributed by atoms with Crippen LogP contribution in [0.1, 0.15) is 0 Å². The molecule has 152 valence electrons. The fourth-order valence-corrected chi connectivity index (χ4v) is 0.692. The normalized spacial score (nSPS) is 11.3. The van der Waals surface area contributed by atoms with E-state index in [1.807, 2.05) is 0 Å². The zero-order valence-corrected chi connectivity index (χ0v) is 13.1. The predicted molar refractivity (Wildman–Crippen MR) is 82.2 cm³/mol. The molecule has 0 saturated carbocycles. The van der Waals surface area contributed by atoms with Crippen LogP contribution in [0.5, 0.6) is 0 Å². The maximum atomic E-state index is 4.91. The molecule has 0 heterocycles. The van der Waals surface area contributed by atoms with Gasteiger partial charge < -0.3 is 0 Å². The monoisotopic (exact) mass is 376 g/mol. The van der Waals surface area contributed by atoms with Crippen molar-refractivity contribution in [1.82, 2.24) is 127 Å². The molecule has 0 spiro atoms. The molecular formula is CH28N24. The van der Waals surface area contributed by atoms with E-state index in [1.54, 1.807) is 7.05 Å². The van der Waals surface area contributed by atoms with Crippen LogP contribution in [0.2, 0.25) is 0 Å². The zero-order chi connectivity index (χ0) is 18.3. The summed E-state index contributed by atoms with van der Waals surface area (Å²) in [4.78, 5) is 0. The van der Waals surface area contributed by atoms with Gasteiger partial charge in [-0.15, -0.1) is 0 Å². The van der Waals surface area contributed by atoms with E-state index in [2.05, 4.69) is 127 Å². The summed E-state index contributed by atoms with van der Waals surface area (Å²) in [6, 6.07) is 0. The number of nitrogens with two attached hydrogens (primary N) is 1. The van der Waals surface area contributed by atoms with Crippen LogP contribution in [0, 0.1) is 0 Å². The first-order valence-electron chi connectivity index (χ1n) is 6.29. The number of hydrogen-bond donors (Lipinski definition) is 24. The van der Waals surface area contributed by atoms with Gasteiger partial charge in [0.15, 0.2) is 0 Å². The average molecular weight is 376 g/mol. The van der Waals surface area contributed by atoms with Gasteiger partial charge in [0.25, 0.3) is 0 Å². The molecule has 0 aromatic carbocycles. The summed E-state index contributed by atoms with van der Waals surface area (Å²) in [7, 11) is 1.69. The van der Waals surface area contributed by atoms with E-state index in [9.17, 15) is 0 Å². The summed E-state index contributed by atoms with van der Waals surface area (Å²) in [6.07, 6.45) is 0. The predicted octanol–water partition coefficient (Wildman–Crippen LogP) is -11.8. The average Bonchev–Trinajstić information content (AvgIpc) is 2.63. The van der Waals surface area contributed by atoms with E-state index >= 15 is 0 Å². The van der Waals surface area contributed by atoms with E-state index in [1.165, 1.54) is 0 Å². The number of hydrogen-bond acceptors (Lipinski definition) is 24. The molecule has 0 rings (SSSR count). The molecule has 0 aliphatic carbocycles. The molecule has 25 heavy (non-hydrogen) atoms. The molecular weight excluding hydrogens is 348 g/mol. The molecule has 0 bridgehead atoms. The highest BCUT2D eigenvalue weighted by Crippen LogP contribution is 1.30. The summed E-state index contributed by atoms with van der Waals surface area (Å²) in [5.41, 5.74) is 56.9. The Bertz CT molecular complexity index is 192. The quantitative estimate of drug-likeness (QED) is 0.0473. The lowest BCUT2D eigenvalue weighted by Gasteiger charge is -2.15. The Morgan fingerprint density at radius 1 is 0.320 bits per heavy atom. The molecule has 0 aliphatic rings. The van der Waals surface area contributed by atoms with Crippen molar-refractivity contribution >= 4 is 0 Å². The van der Waals surface area contributed by atoms with Crippen LogP contribution in [0.25, 0.3) is 0 Å². The van der Waals surface area contributed by atoms with Crippen LogP contribution >= 0.6 is 0 Å². The van der Waals surface area contributed by atoms with Crippen molar-refractivity contribution in [2.45, 2.75) is 0 Å². The smallest absolute Gasteiger partial charge is 0.000111 e. The highest BCUT2D eigenvalue weighted by molar-refractivity contribution is 4.18. The van der Waals surface area contributed by atoms with Crippen molar-refractivity contribution in [3.05, 3.63) is 0 Å². The molecule has 0 radical (unpaired) electrons. The molecule has 0 unspecified atom stereocenters. The van der Waals surface area contributed by atoms with Gasteiger partial charge in [-0.2, -0.15) is 122 Å². The molecule has 0 aromatic heterocycles. The minimum Gasteiger partial charge on any atom is -0.257 e. The first-order valence-corrected chi connectivity index (χ1v) is 6.29. The van der Waals surface area contributed by atoms with Crippen LogP contribution in [0.3, 0.4) is 0 Å². The topological polar surface area (TPSA) is 303 Å². The second-order valence-corrected chi connectivity index (χ2v) is 3.02. The third-order valence-corrected chi connectivity index (χ3v) is 1.45. The summed E-state index contributed by atoms with van der Waals surface area (Å²) >= 11 is 0. The van der Waals surface area contributed by atoms with Crippen molar-refractivity contribution in [3.8, 4) is 0 Å². The lowest BCUT2D eigenvalue weighted by Crippen LogP contribution is -2.69. The Kier molecular flexibility index (Phi) is 22.2. The van der Waals surface area contributed by atoms with Gasteiger partial charge in [0.2, 0.25) is 0 Å². The van der Waals surface area contributed by atoms with E-state index < -0.39 is 0 Å². The van der Waals surface area contributed by atoms with Crippen molar-refractivity contribution in [1.29, 1.82) is 0 Å². The van der Waals surface area contributed by atoms with Gasteiger partial charge in [0.1, 0.15) is 0 Å².